The number of aryl methyl sites for hydroxylation is 2. The summed E-state index contributed by atoms with van der Waals surface area (Å²) >= 11 is 0. The molecule has 4 rings (SSSR count). The first-order chi connectivity index (χ1) is 16.0. The van der Waals surface area contributed by atoms with E-state index in [2.05, 4.69) is 46.2 Å². The van der Waals surface area contributed by atoms with Crippen molar-refractivity contribution in [3.63, 3.8) is 0 Å². The Balaban J connectivity index is 1.61. The quantitative estimate of drug-likeness (QED) is 0.556. The molecule has 1 fully saturated rings. The number of pyridine rings is 1. The molecule has 0 bridgehead atoms. The number of carbonyl (C=O) groups excluding carboxylic acids is 1. The Bertz CT molecular complexity index is 1100. The van der Waals surface area contributed by atoms with E-state index in [9.17, 15) is 4.79 Å². The molecule has 0 saturated carbocycles. The monoisotopic (exact) mass is 447 g/mol. The predicted molar refractivity (Wildman–Crippen MR) is 129 cm³/mol. The molecule has 0 radical (unpaired) electrons. The highest BCUT2D eigenvalue weighted by molar-refractivity contribution is 5.80. The molecule has 174 valence electrons. The molecule has 0 spiro atoms. The zero-order valence-corrected chi connectivity index (χ0v) is 20.0. The largest absolute Gasteiger partial charge is 0.481 e. The Labute approximate surface area is 196 Å². The Morgan fingerprint density at radius 2 is 1.88 bits per heavy atom. The van der Waals surface area contributed by atoms with Crippen molar-refractivity contribution in [2.45, 2.75) is 26.8 Å². The Kier molecular flexibility index (Phi) is 7.08. The fourth-order valence-electron chi connectivity index (χ4n) is 4.84. The van der Waals surface area contributed by atoms with E-state index >= 15 is 0 Å². The van der Waals surface area contributed by atoms with Gasteiger partial charge in [0.1, 0.15) is 0 Å². The average Bonchev–Trinajstić information content (AvgIpc) is 3.01. The van der Waals surface area contributed by atoms with Gasteiger partial charge in [-0.3, -0.25) is 14.7 Å². The molecule has 2 aromatic heterocycles. The van der Waals surface area contributed by atoms with Crippen LogP contribution in [-0.4, -0.2) is 63.8 Å². The molecule has 7 heteroatoms. The van der Waals surface area contributed by atoms with Crippen molar-refractivity contribution in [3.05, 3.63) is 65.6 Å². The minimum atomic E-state index is -0.113. The van der Waals surface area contributed by atoms with Crippen LogP contribution in [0.1, 0.15) is 23.7 Å². The lowest BCUT2D eigenvalue weighted by molar-refractivity contribution is -0.134. The number of aromatic nitrogens is 3. The number of carbonyl (C=O) groups is 1. The van der Waals surface area contributed by atoms with Crippen LogP contribution in [0.3, 0.4) is 0 Å². The highest BCUT2D eigenvalue weighted by Crippen LogP contribution is 2.28. The normalized spacial score (nSPS) is 17.3. The van der Waals surface area contributed by atoms with E-state index in [0.29, 0.717) is 13.0 Å². The molecule has 0 aliphatic carbocycles. The summed E-state index contributed by atoms with van der Waals surface area (Å²) in [5, 5.41) is 4.53. The molecule has 1 amide bonds. The second kappa shape index (κ2) is 10.2. The third-order valence-electron chi connectivity index (χ3n) is 6.55. The van der Waals surface area contributed by atoms with Crippen LogP contribution in [0.25, 0.3) is 11.1 Å². The molecule has 1 unspecified atom stereocenters. The first-order valence-corrected chi connectivity index (χ1v) is 11.6. The molecule has 1 saturated heterocycles. The van der Waals surface area contributed by atoms with Crippen molar-refractivity contribution in [2.75, 3.05) is 33.3 Å². The lowest BCUT2D eigenvalue weighted by atomic mass is 9.91. The van der Waals surface area contributed by atoms with Gasteiger partial charge in [-0.15, -0.1) is 0 Å². The van der Waals surface area contributed by atoms with E-state index in [0.717, 1.165) is 54.4 Å². The van der Waals surface area contributed by atoms with Crippen LogP contribution >= 0.6 is 0 Å². The molecule has 3 heterocycles. The van der Waals surface area contributed by atoms with E-state index in [4.69, 9.17) is 4.74 Å². The van der Waals surface area contributed by atoms with Crippen LogP contribution in [0, 0.1) is 12.8 Å². The van der Waals surface area contributed by atoms with Gasteiger partial charge in [0.05, 0.1) is 24.3 Å². The average molecular weight is 448 g/mol. The minimum Gasteiger partial charge on any atom is -0.481 e. The summed E-state index contributed by atoms with van der Waals surface area (Å²) in [6, 6.07) is 12.4. The van der Waals surface area contributed by atoms with Gasteiger partial charge in [0, 0.05) is 52.2 Å². The zero-order chi connectivity index (χ0) is 23.4. The van der Waals surface area contributed by atoms with E-state index in [1.807, 2.05) is 43.4 Å². The molecule has 1 atom stereocenters. The van der Waals surface area contributed by atoms with Crippen LogP contribution < -0.4 is 4.74 Å². The summed E-state index contributed by atoms with van der Waals surface area (Å²) in [7, 11) is 3.59. The van der Waals surface area contributed by atoms with Crippen LogP contribution in [-0.2, 0) is 24.8 Å². The highest BCUT2D eigenvalue weighted by atomic mass is 16.5. The minimum absolute atomic E-state index is 0.113. The number of hydrogen-bond acceptors (Lipinski definition) is 5. The SMILES string of the molecule is CCN1CCN(Cc2c(C)nn(C)c2OC)CC(Cc2ccccc2-c2ccncc2)C1=O. The smallest absolute Gasteiger partial charge is 0.227 e. The Morgan fingerprint density at radius 3 is 2.61 bits per heavy atom. The maximum atomic E-state index is 13.5. The number of ether oxygens (including phenoxy) is 1. The van der Waals surface area contributed by atoms with Gasteiger partial charge in [0.15, 0.2) is 0 Å². The number of rotatable bonds is 7. The van der Waals surface area contributed by atoms with Gasteiger partial charge in [-0.1, -0.05) is 24.3 Å². The number of methoxy groups -OCH3 is 1. The van der Waals surface area contributed by atoms with Crippen molar-refractivity contribution in [3.8, 4) is 17.0 Å². The standard InChI is InChI=1S/C26H33N5O2/c1-5-31-15-14-30(18-24-19(2)28-29(3)26(24)33-4)17-22(25(31)32)16-21-8-6-7-9-23(21)20-10-12-27-13-11-20/h6-13,22H,5,14-18H2,1-4H3. The second-order valence-corrected chi connectivity index (χ2v) is 8.64. The fraction of sp³-hybridized carbons (Fsp3) is 0.423. The first-order valence-electron chi connectivity index (χ1n) is 11.6. The maximum Gasteiger partial charge on any atom is 0.227 e. The number of benzene rings is 1. The van der Waals surface area contributed by atoms with Crippen molar-refractivity contribution < 1.29 is 9.53 Å². The number of likely N-dealkylation sites (N-methyl/N-ethyl adjacent to an activating group) is 1. The summed E-state index contributed by atoms with van der Waals surface area (Å²) in [5.74, 6) is 0.910. The van der Waals surface area contributed by atoms with Crippen LogP contribution in [0.5, 0.6) is 5.88 Å². The van der Waals surface area contributed by atoms with Gasteiger partial charge in [0.25, 0.3) is 0 Å². The van der Waals surface area contributed by atoms with Gasteiger partial charge in [0.2, 0.25) is 11.8 Å². The number of nitrogens with zero attached hydrogens (tertiary/aromatic N) is 5. The third-order valence-corrected chi connectivity index (χ3v) is 6.55. The van der Waals surface area contributed by atoms with Gasteiger partial charge >= 0.3 is 0 Å². The second-order valence-electron chi connectivity index (χ2n) is 8.64. The lowest BCUT2D eigenvalue weighted by Gasteiger charge is -2.24. The molecule has 0 N–H and O–H groups in total. The van der Waals surface area contributed by atoms with Gasteiger partial charge in [-0.05, 0) is 49.1 Å². The molecule has 1 aliphatic rings. The van der Waals surface area contributed by atoms with E-state index in [1.165, 1.54) is 5.56 Å². The molecule has 3 aromatic rings. The molecule has 33 heavy (non-hydrogen) atoms. The van der Waals surface area contributed by atoms with Crippen molar-refractivity contribution in [1.82, 2.24) is 24.6 Å². The number of hydrogen-bond donors (Lipinski definition) is 0. The van der Waals surface area contributed by atoms with Crippen LogP contribution in [0.4, 0.5) is 0 Å². The van der Waals surface area contributed by atoms with Crippen molar-refractivity contribution >= 4 is 5.91 Å². The van der Waals surface area contributed by atoms with Crippen LogP contribution in [0.15, 0.2) is 48.8 Å². The summed E-state index contributed by atoms with van der Waals surface area (Å²) in [4.78, 5) is 22.0. The fourth-order valence-corrected chi connectivity index (χ4v) is 4.84. The number of amides is 1. The molecule has 1 aromatic carbocycles. The van der Waals surface area contributed by atoms with Gasteiger partial charge in [-0.2, -0.15) is 5.10 Å². The summed E-state index contributed by atoms with van der Waals surface area (Å²) < 4.78 is 7.40. The van der Waals surface area contributed by atoms with Gasteiger partial charge < -0.3 is 9.64 Å². The highest BCUT2D eigenvalue weighted by Gasteiger charge is 2.31. The Morgan fingerprint density at radius 1 is 1.12 bits per heavy atom. The molecule has 1 aliphatic heterocycles. The van der Waals surface area contributed by atoms with Crippen molar-refractivity contribution in [1.29, 1.82) is 0 Å². The van der Waals surface area contributed by atoms with E-state index < -0.39 is 0 Å². The van der Waals surface area contributed by atoms with E-state index in [-0.39, 0.29) is 11.8 Å². The summed E-state index contributed by atoms with van der Waals surface area (Å²) in [5.41, 5.74) is 5.54. The Hall–Kier alpha value is -3.19. The summed E-state index contributed by atoms with van der Waals surface area (Å²) in [6.45, 7) is 7.79. The third kappa shape index (κ3) is 4.93. The van der Waals surface area contributed by atoms with E-state index in [1.54, 1.807) is 11.8 Å². The first kappa shape index (κ1) is 23.0. The van der Waals surface area contributed by atoms with Crippen molar-refractivity contribution in [2.24, 2.45) is 13.0 Å². The zero-order valence-electron chi connectivity index (χ0n) is 20.0. The predicted octanol–water partition coefficient (Wildman–Crippen LogP) is 3.32. The molecule has 7 nitrogen and oxygen atoms in total. The maximum absolute atomic E-state index is 13.5. The van der Waals surface area contributed by atoms with Crippen LogP contribution in [0.2, 0.25) is 0 Å². The van der Waals surface area contributed by atoms with Gasteiger partial charge in [-0.25, -0.2) is 4.68 Å². The molecular weight excluding hydrogens is 414 g/mol. The topological polar surface area (TPSA) is 63.5 Å². The lowest BCUT2D eigenvalue weighted by Crippen LogP contribution is -2.37. The molecular formula is C26H33N5O2. The summed E-state index contributed by atoms with van der Waals surface area (Å²) in [6.07, 6.45) is 4.33.